The molecule has 2 N–H and O–H groups in total. The van der Waals surface area contributed by atoms with Crippen molar-refractivity contribution in [1.82, 2.24) is 15.5 Å². The first-order chi connectivity index (χ1) is 12.9. The van der Waals surface area contributed by atoms with E-state index in [0.29, 0.717) is 12.1 Å². The van der Waals surface area contributed by atoms with E-state index in [0.717, 1.165) is 28.6 Å². The number of allylic oxidation sites excluding steroid dienone is 1. The number of benzene rings is 1. The minimum atomic E-state index is -1.16. The number of carbonyl (C=O) groups is 3. The lowest BCUT2D eigenvalue weighted by molar-refractivity contribution is -0.134. The summed E-state index contributed by atoms with van der Waals surface area (Å²) >= 11 is 3.36. The van der Waals surface area contributed by atoms with Crippen LogP contribution in [0.4, 0.5) is 4.79 Å². The molecule has 27 heavy (non-hydrogen) atoms. The van der Waals surface area contributed by atoms with Gasteiger partial charge in [0.05, 0.1) is 0 Å². The van der Waals surface area contributed by atoms with Crippen LogP contribution in [0.15, 0.2) is 40.4 Å². The summed E-state index contributed by atoms with van der Waals surface area (Å²) in [4.78, 5) is 38.3. The maximum Gasteiger partial charge on any atom is 0.325 e. The van der Waals surface area contributed by atoms with E-state index < -0.39 is 17.5 Å². The maximum absolute atomic E-state index is 12.8. The monoisotopic (exact) mass is 433 g/mol. The Morgan fingerprint density at radius 1 is 1.26 bits per heavy atom. The van der Waals surface area contributed by atoms with Crippen molar-refractivity contribution in [2.75, 3.05) is 13.1 Å². The van der Waals surface area contributed by atoms with Gasteiger partial charge >= 0.3 is 6.03 Å². The van der Waals surface area contributed by atoms with Crippen molar-refractivity contribution in [2.24, 2.45) is 0 Å². The van der Waals surface area contributed by atoms with Gasteiger partial charge in [0.25, 0.3) is 5.91 Å². The maximum atomic E-state index is 12.8. The third-order valence-electron chi connectivity index (χ3n) is 5.15. The average molecular weight is 434 g/mol. The molecule has 6 nitrogen and oxygen atoms in total. The lowest BCUT2D eigenvalue weighted by atomic mass is 9.92. The highest BCUT2D eigenvalue weighted by Gasteiger charge is 2.49. The van der Waals surface area contributed by atoms with Gasteiger partial charge in [-0.05, 0) is 56.7 Å². The predicted octanol–water partition coefficient (Wildman–Crippen LogP) is 3.22. The minimum absolute atomic E-state index is 0.268. The number of halogens is 1. The zero-order valence-corrected chi connectivity index (χ0v) is 17.0. The molecule has 144 valence electrons. The smallest absolute Gasteiger partial charge is 0.325 e. The average Bonchev–Trinajstić information content (AvgIpc) is 2.87. The van der Waals surface area contributed by atoms with E-state index in [2.05, 4.69) is 32.6 Å². The number of amides is 4. The van der Waals surface area contributed by atoms with E-state index in [1.165, 1.54) is 18.4 Å². The summed E-state index contributed by atoms with van der Waals surface area (Å²) in [6, 6.07) is 6.65. The summed E-state index contributed by atoms with van der Waals surface area (Å²) in [7, 11) is 0. The largest absolute Gasteiger partial charge is 0.354 e. The van der Waals surface area contributed by atoms with Crippen molar-refractivity contribution in [3.05, 3.63) is 46.0 Å². The van der Waals surface area contributed by atoms with Gasteiger partial charge in [-0.3, -0.25) is 14.5 Å². The number of nitrogens with zero attached hydrogens (tertiary/aromatic N) is 1. The van der Waals surface area contributed by atoms with Crippen molar-refractivity contribution in [3.8, 4) is 0 Å². The molecular formula is C20H24BrN3O3. The molecule has 1 aromatic carbocycles. The van der Waals surface area contributed by atoms with Crippen LogP contribution in [-0.2, 0) is 15.1 Å². The summed E-state index contributed by atoms with van der Waals surface area (Å²) in [6.07, 6.45) is 7.71. The molecule has 4 amide bonds. The zero-order valence-electron chi connectivity index (χ0n) is 15.4. The molecule has 0 saturated carbocycles. The molecule has 2 aliphatic rings. The van der Waals surface area contributed by atoms with Crippen LogP contribution in [0.25, 0.3) is 0 Å². The fraction of sp³-hybridized carbons (Fsp3) is 0.450. The minimum Gasteiger partial charge on any atom is -0.354 e. The second kappa shape index (κ2) is 8.25. The SMILES string of the molecule is CC1(c2ccc(Br)cc2)NC(=O)N(CC(=O)NCCC2=CCCCC2)C1=O. The molecule has 1 atom stereocenters. The molecule has 1 fully saturated rings. The molecule has 0 bridgehead atoms. The number of carbonyl (C=O) groups excluding carboxylic acids is 3. The Morgan fingerprint density at radius 3 is 2.67 bits per heavy atom. The van der Waals surface area contributed by atoms with Gasteiger partial charge in [-0.25, -0.2) is 4.79 Å². The van der Waals surface area contributed by atoms with Gasteiger partial charge in [0, 0.05) is 11.0 Å². The summed E-state index contributed by atoms with van der Waals surface area (Å²) < 4.78 is 0.885. The molecule has 1 heterocycles. The normalized spacial score (nSPS) is 22.4. The molecule has 1 aliphatic carbocycles. The van der Waals surface area contributed by atoms with Gasteiger partial charge in [-0.2, -0.15) is 0 Å². The summed E-state index contributed by atoms with van der Waals surface area (Å²) in [5.74, 6) is -0.741. The van der Waals surface area contributed by atoms with E-state index in [-0.39, 0.29) is 12.5 Å². The number of rotatable bonds is 6. The van der Waals surface area contributed by atoms with Gasteiger partial charge in [0.2, 0.25) is 5.91 Å². The molecule has 3 rings (SSSR count). The molecule has 0 spiro atoms. The molecular weight excluding hydrogens is 410 g/mol. The Morgan fingerprint density at radius 2 is 2.00 bits per heavy atom. The Hall–Kier alpha value is -2.15. The lowest BCUT2D eigenvalue weighted by Crippen LogP contribution is -2.43. The van der Waals surface area contributed by atoms with Crippen LogP contribution in [0, 0.1) is 0 Å². The molecule has 1 aromatic rings. The van der Waals surface area contributed by atoms with Crippen LogP contribution in [0.2, 0.25) is 0 Å². The molecule has 0 aromatic heterocycles. The van der Waals surface area contributed by atoms with Crippen molar-refractivity contribution < 1.29 is 14.4 Å². The lowest BCUT2D eigenvalue weighted by Gasteiger charge is -2.22. The number of nitrogens with one attached hydrogen (secondary N) is 2. The van der Waals surface area contributed by atoms with Gasteiger partial charge in [0.1, 0.15) is 12.1 Å². The predicted molar refractivity (Wildman–Crippen MR) is 106 cm³/mol. The standard InChI is InChI=1S/C20H24BrN3O3/c1-20(15-7-9-16(21)10-8-15)18(26)24(19(27)23-20)13-17(25)22-12-11-14-5-3-2-4-6-14/h5,7-10H,2-4,6,11-13H2,1H3,(H,22,25)(H,23,27). The first-order valence-electron chi connectivity index (χ1n) is 9.25. The number of hydrogen-bond acceptors (Lipinski definition) is 3. The fourth-order valence-electron chi connectivity index (χ4n) is 3.51. The summed E-state index contributed by atoms with van der Waals surface area (Å²) in [5.41, 5.74) is 0.890. The molecule has 7 heteroatoms. The van der Waals surface area contributed by atoms with Crippen LogP contribution >= 0.6 is 15.9 Å². The molecule has 1 saturated heterocycles. The first-order valence-corrected chi connectivity index (χ1v) is 10.0. The van der Waals surface area contributed by atoms with Crippen LogP contribution in [0.1, 0.15) is 44.6 Å². The topological polar surface area (TPSA) is 78.5 Å². The van der Waals surface area contributed by atoms with Gasteiger partial charge < -0.3 is 10.6 Å². The van der Waals surface area contributed by atoms with Crippen LogP contribution < -0.4 is 10.6 Å². The van der Waals surface area contributed by atoms with Crippen LogP contribution in [-0.4, -0.2) is 35.8 Å². The van der Waals surface area contributed by atoms with Gasteiger partial charge in [-0.1, -0.05) is 39.7 Å². The molecule has 0 radical (unpaired) electrons. The number of imide groups is 1. The van der Waals surface area contributed by atoms with Crippen LogP contribution in [0.5, 0.6) is 0 Å². The second-order valence-electron chi connectivity index (χ2n) is 7.16. The van der Waals surface area contributed by atoms with Crippen molar-refractivity contribution in [3.63, 3.8) is 0 Å². The van der Waals surface area contributed by atoms with Crippen LogP contribution in [0.3, 0.4) is 0 Å². The number of hydrogen-bond donors (Lipinski definition) is 2. The second-order valence-corrected chi connectivity index (χ2v) is 8.08. The van der Waals surface area contributed by atoms with Crippen molar-refractivity contribution in [2.45, 2.75) is 44.6 Å². The quantitative estimate of drug-likeness (QED) is 0.533. The van der Waals surface area contributed by atoms with Crippen molar-refractivity contribution in [1.29, 1.82) is 0 Å². The zero-order chi connectivity index (χ0) is 19.4. The third-order valence-corrected chi connectivity index (χ3v) is 5.68. The van der Waals surface area contributed by atoms with E-state index in [1.807, 2.05) is 12.1 Å². The Labute approximate surface area is 167 Å². The van der Waals surface area contributed by atoms with Gasteiger partial charge in [-0.15, -0.1) is 0 Å². The van der Waals surface area contributed by atoms with Crippen molar-refractivity contribution >= 4 is 33.8 Å². The number of urea groups is 1. The highest BCUT2D eigenvalue weighted by atomic mass is 79.9. The highest BCUT2D eigenvalue weighted by Crippen LogP contribution is 2.29. The Bertz CT molecular complexity index is 775. The van der Waals surface area contributed by atoms with E-state index in [4.69, 9.17) is 0 Å². The van der Waals surface area contributed by atoms with E-state index >= 15 is 0 Å². The van der Waals surface area contributed by atoms with E-state index in [1.54, 1.807) is 19.1 Å². The van der Waals surface area contributed by atoms with E-state index in [9.17, 15) is 14.4 Å². The Balaban J connectivity index is 1.57. The van der Waals surface area contributed by atoms with Gasteiger partial charge in [0.15, 0.2) is 0 Å². The third kappa shape index (κ3) is 4.40. The summed E-state index contributed by atoms with van der Waals surface area (Å²) in [5, 5.41) is 5.52. The summed E-state index contributed by atoms with van der Waals surface area (Å²) in [6.45, 7) is 1.91. The molecule has 1 aliphatic heterocycles. The Kier molecular flexibility index (Phi) is 5.99. The first kappa shape index (κ1) is 19.6. The fourth-order valence-corrected chi connectivity index (χ4v) is 3.78. The molecule has 1 unspecified atom stereocenters. The highest BCUT2D eigenvalue weighted by molar-refractivity contribution is 9.10.